The molecule has 4 rings (SSSR count). The Hall–Kier alpha value is -3.08. The van der Waals surface area contributed by atoms with E-state index in [1.807, 2.05) is 30.5 Å². The van der Waals surface area contributed by atoms with Crippen molar-refractivity contribution < 1.29 is 14.3 Å². The third-order valence-electron chi connectivity index (χ3n) is 4.99. The van der Waals surface area contributed by atoms with Crippen LogP contribution >= 0.6 is 0 Å². The predicted octanol–water partition coefficient (Wildman–Crippen LogP) is 3.69. The highest BCUT2D eigenvalue weighted by Crippen LogP contribution is 2.29. The largest absolute Gasteiger partial charge is 0.462 e. The molecule has 0 atom stereocenters. The molecule has 0 radical (unpaired) electrons. The topological polar surface area (TPSA) is 60.3 Å². The molecule has 5 heteroatoms. The zero-order chi connectivity index (χ0) is 18.8. The van der Waals surface area contributed by atoms with Crippen molar-refractivity contribution in [1.82, 2.24) is 9.88 Å². The second-order valence-electron chi connectivity index (χ2n) is 6.75. The number of amides is 1. The summed E-state index contributed by atoms with van der Waals surface area (Å²) in [6.45, 7) is 3.50. The zero-order valence-electron chi connectivity index (χ0n) is 15.3. The van der Waals surface area contributed by atoms with Crippen LogP contribution in [-0.2, 0) is 24.2 Å². The molecule has 1 aromatic heterocycles. The maximum Gasteiger partial charge on any atom is 0.338 e. The van der Waals surface area contributed by atoms with Crippen molar-refractivity contribution in [3.63, 3.8) is 0 Å². The number of rotatable bonds is 5. The summed E-state index contributed by atoms with van der Waals surface area (Å²) < 4.78 is 7.17. The van der Waals surface area contributed by atoms with Crippen molar-refractivity contribution in [2.75, 3.05) is 6.61 Å². The maximum absolute atomic E-state index is 12.8. The van der Waals surface area contributed by atoms with Gasteiger partial charge in [0, 0.05) is 24.7 Å². The van der Waals surface area contributed by atoms with Gasteiger partial charge in [-0.2, -0.15) is 0 Å². The average Bonchev–Trinajstić information content (AvgIpc) is 3.08. The molecule has 0 spiro atoms. The Morgan fingerprint density at radius 1 is 1.15 bits per heavy atom. The van der Waals surface area contributed by atoms with Crippen LogP contribution < -0.4 is 5.32 Å². The Morgan fingerprint density at radius 3 is 2.74 bits per heavy atom. The summed E-state index contributed by atoms with van der Waals surface area (Å²) in [5, 5.41) is 4.01. The van der Waals surface area contributed by atoms with Gasteiger partial charge in [-0.15, -0.1) is 0 Å². The van der Waals surface area contributed by atoms with Crippen LogP contribution in [0.5, 0.6) is 0 Å². The summed E-state index contributed by atoms with van der Waals surface area (Å²) in [7, 11) is 0. The number of hydrogen-bond acceptors (Lipinski definition) is 3. The van der Waals surface area contributed by atoms with Crippen LogP contribution in [0.2, 0.25) is 0 Å². The van der Waals surface area contributed by atoms with Gasteiger partial charge in [0.2, 0.25) is 0 Å². The summed E-state index contributed by atoms with van der Waals surface area (Å²) >= 11 is 0. The fraction of sp³-hybridized carbons (Fsp3) is 0.273. The van der Waals surface area contributed by atoms with Crippen LogP contribution in [0.25, 0.3) is 10.9 Å². The first-order valence-electron chi connectivity index (χ1n) is 9.32. The molecule has 1 aliphatic rings. The molecule has 0 bridgehead atoms. The Morgan fingerprint density at radius 2 is 1.96 bits per heavy atom. The molecule has 2 heterocycles. The van der Waals surface area contributed by atoms with Gasteiger partial charge in [0.1, 0.15) is 0 Å². The summed E-state index contributed by atoms with van der Waals surface area (Å²) in [6.07, 6.45) is 4.14. The predicted molar refractivity (Wildman–Crippen MR) is 104 cm³/mol. The molecule has 5 nitrogen and oxygen atoms in total. The number of carbonyl (C=O) groups is 2. The Bertz CT molecular complexity index is 1000. The summed E-state index contributed by atoms with van der Waals surface area (Å²) in [6, 6.07) is 13.3. The lowest BCUT2D eigenvalue weighted by atomic mass is 10.0. The number of carbonyl (C=O) groups excluding carboxylic acids is 2. The molecule has 0 saturated carbocycles. The molecule has 3 aromatic rings. The highest BCUT2D eigenvalue weighted by Gasteiger charge is 2.19. The van der Waals surface area contributed by atoms with Gasteiger partial charge >= 0.3 is 5.97 Å². The molecule has 27 heavy (non-hydrogen) atoms. The molecule has 138 valence electrons. The highest BCUT2D eigenvalue weighted by molar-refractivity contribution is 6.07. The van der Waals surface area contributed by atoms with Gasteiger partial charge in [0.15, 0.2) is 0 Å². The van der Waals surface area contributed by atoms with Crippen molar-refractivity contribution in [2.24, 2.45) is 0 Å². The van der Waals surface area contributed by atoms with Crippen molar-refractivity contribution >= 4 is 22.8 Å². The van der Waals surface area contributed by atoms with Crippen molar-refractivity contribution in [3.8, 4) is 0 Å². The fourth-order valence-corrected chi connectivity index (χ4v) is 3.69. The fourth-order valence-electron chi connectivity index (χ4n) is 3.69. The first kappa shape index (κ1) is 17.3. The first-order valence-corrected chi connectivity index (χ1v) is 9.32. The Balaban J connectivity index is 1.48. The average molecular weight is 362 g/mol. The van der Waals surface area contributed by atoms with Gasteiger partial charge in [0.05, 0.1) is 23.3 Å². The van der Waals surface area contributed by atoms with E-state index in [9.17, 15) is 9.59 Å². The molecule has 1 amide bonds. The number of nitrogens with one attached hydrogen (secondary N) is 1. The number of para-hydroxylation sites is 1. The second kappa shape index (κ2) is 7.27. The van der Waals surface area contributed by atoms with Crippen LogP contribution in [0.1, 0.15) is 45.2 Å². The second-order valence-corrected chi connectivity index (χ2v) is 6.75. The number of aryl methyl sites for hydroxylation is 2. The quantitative estimate of drug-likeness (QED) is 0.704. The zero-order valence-corrected chi connectivity index (χ0v) is 15.3. The van der Waals surface area contributed by atoms with E-state index in [1.54, 1.807) is 19.1 Å². The van der Waals surface area contributed by atoms with E-state index in [0.717, 1.165) is 35.9 Å². The van der Waals surface area contributed by atoms with E-state index in [4.69, 9.17) is 4.74 Å². The standard InChI is InChI=1S/C22H22N2O3/c1-2-27-22(26)17-10-8-15(9-11-17)13-23-21(25)19-14-24-12-4-6-16-5-3-7-18(19)20(16)24/h3,5,7-11,14H,2,4,6,12-13H2,1H3,(H,23,25). The number of esters is 1. The Kier molecular flexibility index (Phi) is 4.67. The Labute approximate surface area is 157 Å². The smallest absolute Gasteiger partial charge is 0.338 e. The summed E-state index contributed by atoms with van der Waals surface area (Å²) in [4.78, 5) is 24.5. The SMILES string of the molecule is CCOC(=O)c1ccc(CNC(=O)c2cn3c4c(cccc24)CCC3)cc1. The van der Waals surface area contributed by atoms with Crippen molar-refractivity contribution in [2.45, 2.75) is 32.9 Å². The third-order valence-corrected chi connectivity index (χ3v) is 4.99. The van der Waals surface area contributed by atoms with Crippen molar-refractivity contribution in [1.29, 1.82) is 0 Å². The van der Waals surface area contributed by atoms with Crippen molar-refractivity contribution in [3.05, 3.63) is 70.9 Å². The molecule has 2 aromatic carbocycles. The van der Waals surface area contributed by atoms with Gasteiger partial charge < -0.3 is 14.6 Å². The molecular weight excluding hydrogens is 340 g/mol. The van der Waals surface area contributed by atoms with Crippen LogP contribution in [0.3, 0.4) is 0 Å². The molecule has 0 saturated heterocycles. The minimum absolute atomic E-state index is 0.0766. The minimum atomic E-state index is -0.331. The summed E-state index contributed by atoms with van der Waals surface area (Å²) in [5.74, 6) is -0.408. The normalized spacial score (nSPS) is 12.8. The molecule has 1 N–H and O–H groups in total. The number of ether oxygens (including phenoxy) is 1. The number of benzene rings is 2. The first-order chi connectivity index (χ1) is 13.2. The monoisotopic (exact) mass is 362 g/mol. The van der Waals surface area contributed by atoms with E-state index in [2.05, 4.69) is 16.0 Å². The lowest BCUT2D eigenvalue weighted by molar-refractivity contribution is 0.0526. The summed E-state index contributed by atoms with van der Waals surface area (Å²) in [5.41, 5.74) is 4.67. The molecule has 0 aliphatic carbocycles. The molecule has 1 aliphatic heterocycles. The lowest BCUT2D eigenvalue weighted by Crippen LogP contribution is -2.22. The van der Waals surface area contributed by atoms with E-state index in [1.165, 1.54) is 11.1 Å². The highest BCUT2D eigenvalue weighted by atomic mass is 16.5. The van der Waals surface area contributed by atoms with Gasteiger partial charge in [-0.1, -0.05) is 30.3 Å². The molecular formula is C22H22N2O3. The van der Waals surface area contributed by atoms with E-state index in [0.29, 0.717) is 18.7 Å². The van der Waals surface area contributed by atoms with Gasteiger partial charge in [-0.25, -0.2) is 4.79 Å². The number of aromatic nitrogens is 1. The minimum Gasteiger partial charge on any atom is -0.462 e. The lowest BCUT2D eigenvalue weighted by Gasteiger charge is -2.14. The van der Waals surface area contributed by atoms with E-state index < -0.39 is 0 Å². The van der Waals surface area contributed by atoms with Crippen LogP contribution in [-0.4, -0.2) is 23.1 Å². The van der Waals surface area contributed by atoms with Gasteiger partial charge in [0.25, 0.3) is 5.91 Å². The van der Waals surface area contributed by atoms with Gasteiger partial charge in [-0.05, 0) is 43.0 Å². The molecule has 0 fully saturated rings. The molecule has 0 unspecified atom stereocenters. The third kappa shape index (κ3) is 3.33. The van der Waals surface area contributed by atoms with E-state index in [-0.39, 0.29) is 11.9 Å². The maximum atomic E-state index is 12.8. The number of hydrogen-bond donors (Lipinski definition) is 1. The van der Waals surface area contributed by atoms with Crippen LogP contribution in [0, 0.1) is 0 Å². The van der Waals surface area contributed by atoms with E-state index >= 15 is 0 Å². The van der Waals surface area contributed by atoms with Gasteiger partial charge in [-0.3, -0.25) is 4.79 Å². The van der Waals surface area contributed by atoms with Crippen LogP contribution in [0.4, 0.5) is 0 Å². The number of nitrogens with zero attached hydrogens (tertiary/aromatic N) is 1. The van der Waals surface area contributed by atoms with Crippen LogP contribution in [0.15, 0.2) is 48.7 Å².